The minimum absolute atomic E-state index is 0.212. The van der Waals surface area contributed by atoms with E-state index in [-0.39, 0.29) is 11.8 Å². The van der Waals surface area contributed by atoms with Gasteiger partial charge in [-0.05, 0) is 0 Å². The van der Waals surface area contributed by atoms with E-state index in [9.17, 15) is 37.7 Å². The Balaban J connectivity index is 2.12. The fourth-order valence-electron chi connectivity index (χ4n) is 2.31. The van der Waals surface area contributed by atoms with Gasteiger partial charge in [0.25, 0.3) is 0 Å². The first-order chi connectivity index (χ1) is 14.1. The molecule has 0 spiro atoms. The molecule has 1 aliphatic rings. The molecule has 0 radical (unpaired) electrons. The second-order valence-corrected chi connectivity index (χ2v) is 10.2. The molecule has 1 aromatic heterocycles. The molecule has 2 heterocycles. The van der Waals surface area contributed by atoms with Crippen LogP contribution in [0.25, 0.3) is 0 Å². The second kappa shape index (κ2) is 9.23. The van der Waals surface area contributed by atoms with Crippen molar-refractivity contribution in [1.29, 1.82) is 0 Å². The van der Waals surface area contributed by atoms with Crippen LogP contribution in [-0.4, -0.2) is 65.5 Å². The average molecular weight is 513 g/mol. The Labute approximate surface area is 170 Å². The Morgan fingerprint density at radius 2 is 1.84 bits per heavy atom. The summed E-state index contributed by atoms with van der Waals surface area (Å²) >= 11 is 0. The number of rotatable bonds is 9. The third-order valence-corrected chi connectivity index (χ3v) is 7.33. The van der Waals surface area contributed by atoms with Crippen LogP contribution >= 0.6 is 23.5 Å². The Morgan fingerprint density at radius 3 is 2.39 bits per heavy atom. The summed E-state index contributed by atoms with van der Waals surface area (Å²) in [6.07, 6.45) is -7.02. The summed E-state index contributed by atoms with van der Waals surface area (Å²) in [6, 6.07) is 0. The van der Waals surface area contributed by atoms with Gasteiger partial charge >= 0.3 is 29.2 Å². The number of anilines is 1. The molecule has 31 heavy (non-hydrogen) atoms. The van der Waals surface area contributed by atoms with Crippen molar-refractivity contribution in [1.82, 2.24) is 9.55 Å². The summed E-state index contributed by atoms with van der Waals surface area (Å²) < 4.78 is 64.7. The number of hydrogen-bond donors (Lipinski definition) is 6. The molecule has 17 nitrogen and oxygen atoms in total. The van der Waals surface area contributed by atoms with Crippen molar-refractivity contribution in [3.63, 3.8) is 0 Å². The predicted octanol–water partition coefficient (Wildman–Crippen LogP) is -1.42. The average Bonchev–Trinajstić information content (AvgIpc) is 2.85. The van der Waals surface area contributed by atoms with Crippen molar-refractivity contribution >= 4 is 35.6 Å². The van der Waals surface area contributed by atoms with Gasteiger partial charge in [0.1, 0.15) is 18.0 Å². The van der Waals surface area contributed by atoms with Gasteiger partial charge in [-0.3, -0.25) is 13.9 Å². The minimum Gasteiger partial charge on any atom is -0.387 e. The Hall–Kier alpha value is -1.39. The largest absolute Gasteiger partial charge is 0.490 e. The molecule has 6 atom stereocenters. The molecule has 1 aliphatic heterocycles. The van der Waals surface area contributed by atoms with Crippen molar-refractivity contribution in [3.8, 4) is 0 Å². The number of nitrogen functional groups attached to an aromatic ring is 1. The van der Waals surface area contributed by atoms with Crippen LogP contribution in [0, 0.1) is 0 Å². The van der Waals surface area contributed by atoms with E-state index in [0.717, 1.165) is 6.20 Å². The minimum atomic E-state index is -5.78. The summed E-state index contributed by atoms with van der Waals surface area (Å²) in [4.78, 5) is 61.4. The topological polar surface area (TPSA) is 267 Å². The number of ether oxygens (including phenoxy) is 1. The number of hydrogen-bond acceptors (Lipinski definition) is 12. The van der Waals surface area contributed by atoms with E-state index in [1.165, 1.54) is 0 Å². The standard InChI is InChI=1S/C10H15FN3O14P3/c11-6-7(16)5(3-25-30(21,22)28-31(23,24)27-29(18,19)20)26-9(6)14-1-4(2-15)8(12)13-10(14)17/h1-2,5-7,9,16H,3H2,(H,21,22)(H,23,24)(H2,12,13,17)(H2,18,19,20)/t5-,6-,7-,9-/m1/s1. The Bertz CT molecular complexity index is 1040. The van der Waals surface area contributed by atoms with Crippen molar-refractivity contribution in [3.05, 3.63) is 22.2 Å². The molecule has 176 valence electrons. The molecule has 1 fully saturated rings. The highest BCUT2D eigenvalue weighted by atomic mass is 31.3. The van der Waals surface area contributed by atoms with Gasteiger partial charge in [0.2, 0.25) is 0 Å². The maximum atomic E-state index is 14.4. The number of alkyl halides is 1. The number of carbonyl (C=O) groups excluding carboxylic acids is 1. The zero-order chi connectivity index (χ0) is 23.8. The first-order valence-electron chi connectivity index (χ1n) is 7.65. The molecule has 0 aliphatic carbocycles. The number of phosphoric acid groups is 3. The van der Waals surface area contributed by atoms with Gasteiger partial charge in [-0.1, -0.05) is 0 Å². The van der Waals surface area contributed by atoms with E-state index in [1.807, 2.05) is 0 Å². The van der Waals surface area contributed by atoms with Gasteiger partial charge in [-0.25, -0.2) is 22.9 Å². The second-order valence-electron chi connectivity index (χ2n) is 5.78. The van der Waals surface area contributed by atoms with Crippen LogP contribution in [0.15, 0.2) is 11.0 Å². The van der Waals surface area contributed by atoms with Crippen molar-refractivity contribution < 1.29 is 65.4 Å². The van der Waals surface area contributed by atoms with Gasteiger partial charge in [0.05, 0.1) is 12.2 Å². The summed E-state index contributed by atoms with van der Waals surface area (Å²) in [5, 5.41) is 9.89. The molecule has 1 saturated heterocycles. The van der Waals surface area contributed by atoms with Crippen molar-refractivity contribution in [2.75, 3.05) is 12.3 Å². The monoisotopic (exact) mass is 513 g/mol. The van der Waals surface area contributed by atoms with Gasteiger partial charge in [0, 0.05) is 6.20 Å². The lowest BCUT2D eigenvalue weighted by atomic mass is 10.1. The van der Waals surface area contributed by atoms with Crippen LogP contribution < -0.4 is 11.4 Å². The first-order valence-corrected chi connectivity index (χ1v) is 12.2. The van der Waals surface area contributed by atoms with Crippen LogP contribution in [-0.2, 0) is 31.6 Å². The number of carbonyl (C=O) groups is 1. The van der Waals surface area contributed by atoms with Crippen molar-refractivity contribution in [2.24, 2.45) is 0 Å². The predicted molar refractivity (Wildman–Crippen MR) is 92.9 cm³/mol. The molecule has 0 saturated carbocycles. The number of aldehydes is 1. The van der Waals surface area contributed by atoms with E-state index in [1.54, 1.807) is 0 Å². The molecule has 0 bridgehead atoms. The zero-order valence-corrected chi connectivity index (χ0v) is 17.5. The third kappa shape index (κ3) is 6.79. The third-order valence-electron chi connectivity index (χ3n) is 3.52. The fraction of sp³-hybridized carbons (Fsp3) is 0.500. The number of aliphatic hydroxyl groups excluding tert-OH is 1. The van der Waals surface area contributed by atoms with Gasteiger partial charge < -0.3 is 35.2 Å². The van der Waals surface area contributed by atoms with E-state index in [2.05, 4.69) is 18.1 Å². The van der Waals surface area contributed by atoms with Crippen LogP contribution in [0.1, 0.15) is 16.6 Å². The molecule has 7 N–H and O–H groups in total. The first kappa shape index (κ1) is 25.9. The number of nitrogens with two attached hydrogens (primary N) is 1. The number of halogens is 1. The summed E-state index contributed by atoms with van der Waals surface area (Å²) in [5.74, 6) is -0.450. The summed E-state index contributed by atoms with van der Waals surface area (Å²) in [6.45, 7) is -1.17. The molecular formula is C10H15FN3O14P3. The quantitative estimate of drug-likeness (QED) is 0.163. The van der Waals surface area contributed by atoms with Gasteiger partial charge in [0.15, 0.2) is 18.7 Å². The van der Waals surface area contributed by atoms with Crippen LogP contribution in [0.5, 0.6) is 0 Å². The SMILES string of the molecule is Nc1nc(=O)n([C@@H]2O[C@H](COP(=O)(O)OP(=O)(O)OP(=O)(O)O)[C@@H](O)[C@H]2F)cc1C=O. The summed E-state index contributed by atoms with van der Waals surface area (Å²) in [5.41, 5.74) is 3.88. The zero-order valence-electron chi connectivity index (χ0n) is 14.8. The van der Waals surface area contributed by atoms with Crippen LogP contribution in [0.3, 0.4) is 0 Å². The highest BCUT2D eigenvalue weighted by Crippen LogP contribution is 2.66. The Morgan fingerprint density at radius 1 is 1.23 bits per heavy atom. The Kier molecular flexibility index (Phi) is 7.70. The van der Waals surface area contributed by atoms with E-state index in [0.29, 0.717) is 4.57 Å². The van der Waals surface area contributed by atoms with Crippen LogP contribution in [0.4, 0.5) is 10.2 Å². The number of nitrogens with zero attached hydrogens (tertiary/aromatic N) is 2. The van der Waals surface area contributed by atoms with Crippen LogP contribution in [0.2, 0.25) is 0 Å². The smallest absolute Gasteiger partial charge is 0.387 e. The lowest BCUT2D eigenvalue weighted by molar-refractivity contribution is -0.0482. The maximum Gasteiger partial charge on any atom is 0.490 e. The van der Waals surface area contributed by atoms with E-state index >= 15 is 0 Å². The molecule has 1 aromatic rings. The maximum absolute atomic E-state index is 14.4. The molecule has 2 unspecified atom stereocenters. The lowest BCUT2D eigenvalue weighted by Gasteiger charge is -2.19. The fourth-order valence-corrected chi connectivity index (χ4v) is 5.34. The molecule has 0 amide bonds. The molecular weight excluding hydrogens is 498 g/mol. The normalized spacial score (nSPS) is 28.1. The number of phosphoric ester groups is 1. The summed E-state index contributed by atoms with van der Waals surface area (Å²) in [7, 11) is -16.9. The number of aromatic nitrogens is 2. The molecule has 21 heteroatoms. The lowest BCUT2D eigenvalue weighted by Crippen LogP contribution is -2.34. The molecule has 2 rings (SSSR count). The highest BCUT2D eigenvalue weighted by molar-refractivity contribution is 7.66. The van der Waals surface area contributed by atoms with E-state index in [4.69, 9.17) is 25.2 Å². The molecule has 0 aromatic carbocycles. The van der Waals surface area contributed by atoms with Gasteiger partial charge in [-0.15, -0.1) is 0 Å². The van der Waals surface area contributed by atoms with Crippen molar-refractivity contribution in [2.45, 2.75) is 24.6 Å². The van der Waals surface area contributed by atoms with Gasteiger partial charge in [-0.2, -0.15) is 13.6 Å². The highest BCUT2D eigenvalue weighted by Gasteiger charge is 2.48. The number of aliphatic hydroxyl groups is 1. The van der Waals surface area contributed by atoms with E-state index < -0.39 is 66.2 Å².